The number of rotatable bonds is 9. The number of methoxy groups -OCH3 is 1. The molecule has 0 radical (unpaired) electrons. The maximum atomic E-state index is 13.6. The van der Waals surface area contributed by atoms with Crippen molar-refractivity contribution < 1.29 is 36.6 Å². The highest BCUT2D eigenvalue weighted by atomic mass is 19.4. The Hall–Kier alpha value is -3.14. The quantitative estimate of drug-likeness (QED) is 0.623. The van der Waals surface area contributed by atoms with Crippen LogP contribution in [0.15, 0.2) is 48.5 Å². The zero-order valence-electron chi connectivity index (χ0n) is 16.0. The van der Waals surface area contributed by atoms with E-state index in [1.165, 1.54) is 37.4 Å². The summed E-state index contributed by atoms with van der Waals surface area (Å²) in [5.74, 6) is -2.28. The number of carbonyl (C=O) groups excluding carboxylic acids is 2. The number of hydrogen-bond acceptors (Lipinski definition) is 4. The molecule has 2 aromatic carbocycles. The van der Waals surface area contributed by atoms with Crippen molar-refractivity contribution in [3.63, 3.8) is 0 Å². The van der Waals surface area contributed by atoms with Crippen LogP contribution in [0.3, 0.4) is 0 Å². The first-order valence-corrected chi connectivity index (χ1v) is 8.82. The van der Waals surface area contributed by atoms with Crippen LogP contribution in [0.5, 0.6) is 5.75 Å². The maximum absolute atomic E-state index is 13.6. The highest BCUT2D eigenvalue weighted by molar-refractivity contribution is 5.95. The predicted octanol–water partition coefficient (Wildman–Crippen LogP) is 3.34. The summed E-state index contributed by atoms with van der Waals surface area (Å²) < 4.78 is 62.8. The molecule has 1 N–H and O–H groups in total. The number of halogens is 4. The third-order valence-electron chi connectivity index (χ3n) is 3.95. The number of carbonyl (C=O) groups is 2. The van der Waals surface area contributed by atoms with E-state index in [-0.39, 0.29) is 18.9 Å². The maximum Gasteiger partial charge on any atom is 0.418 e. The molecule has 10 heteroatoms. The smallest absolute Gasteiger partial charge is 0.418 e. The number of hydrogen-bond donors (Lipinski definition) is 1. The normalized spacial score (nSPS) is 11.1. The lowest BCUT2D eigenvalue weighted by atomic mass is 10.1. The number of nitrogens with zero attached hydrogens (tertiary/aromatic N) is 1. The van der Waals surface area contributed by atoms with Crippen molar-refractivity contribution in [1.29, 1.82) is 0 Å². The van der Waals surface area contributed by atoms with Crippen LogP contribution >= 0.6 is 0 Å². The van der Waals surface area contributed by atoms with E-state index < -0.39 is 48.2 Å². The molecule has 0 saturated heterocycles. The molecule has 0 saturated carbocycles. The van der Waals surface area contributed by atoms with E-state index in [0.717, 1.165) is 23.1 Å². The molecular formula is C20H20F4N2O4. The zero-order chi connectivity index (χ0) is 22.1. The van der Waals surface area contributed by atoms with Gasteiger partial charge in [-0.1, -0.05) is 24.3 Å². The van der Waals surface area contributed by atoms with Gasteiger partial charge in [-0.05, 0) is 24.3 Å². The van der Waals surface area contributed by atoms with E-state index in [1.54, 1.807) is 0 Å². The standard InChI is InChI=1S/C20H20F4N2O4/c1-29-11-10-26(19(28)13-30-17-9-5-3-7-15(17)21)12-18(27)25-16-8-4-2-6-14(16)20(22,23)24/h2-9H,10-13H2,1H3,(H,25,27). The van der Waals surface area contributed by atoms with Gasteiger partial charge in [-0.25, -0.2) is 4.39 Å². The molecule has 0 fully saturated rings. The molecule has 2 aromatic rings. The first kappa shape index (κ1) is 23.1. The Bertz CT molecular complexity index is 874. The van der Waals surface area contributed by atoms with Gasteiger partial charge in [0, 0.05) is 13.7 Å². The van der Waals surface area contributed by atoms with E-state index in [1.807, 2.05) is 0 Å². The third kappa shape index (κ3) is 6.73. The molecule has 0 aliphatic heterocycles. The number of nitrogens with one attached hydrogen (secondary N) is 1. The van der Waals surface area contributed by atoms with Gasteiger partial charge in [-0.3, -0.25) is 9.59 Å². The molecule has 162 valence electrons. The van der Waals surface area contributed by atoms with E-state index in [4.69, 9.17) is 9.47 Å². The van der Waals surface area contributed by atoms with E-state index in [9.17, 15) is 27.2 Å². The minimum atomic E-state index is -4.65. The van der Waals surface area contributed by atoms with Gasteiger partial charge >= 0.3 is 6.18 Å². The summed E-state index contributed by atoms with van der Waals surface area (Å²) in [5.41, 5.74) is -1.42. The van der Waals surface area contributed by atoms with Crippen LogP contribution in [-0.4, -0.2) is 50.1 Å². The molecule has 0 spiro atoms. The molecule has 0 aliphatic rings. The number of para-hydroxylation sites is 2. The van der Waals surface area contributed by atoms with Crippen molar-refractivity contribution in [1.82, 2.24) is 4.90 Å². The summed E-state index contributed by atoms with van der Waals surface area (Å²) in [6.07, 6.45) is -4.65. The fourth-order valence-corrected chi connectivity index (χ4v) is 2.49. The topological polar surface area (TPSA) is 67.9 Å². The number of anilines is 1. The summed E-state index contributed by atoms with van der Waals surface area (Å²) in [6.45, 7) is -1.02. The summed E-state index contributed by atoms with van der Waals surface area (Å²) in [7, 11) is 1.39. The van der Waals surface area contributed by atoms with Crippen LogP contribution in [0, 0.1) is 5.82 Å². The average Bonchev–Trinajstić information content (AvgIpc) is 2.69. The minimum Gasteiger partial charge on any atom is -0.481 e. The van der Waals surface area contributed by atoms with Gasteiger partial charge in [0.05, 0.1) is 17.9 Å². The molecule has 0 unspecified atom stereocenters. The largest absolute Gasteiger partial charge is 0.481 e. The Balaban J connectivity index is 2.04. The van der Waals surface area contributed by atoms with Crippen LogP contribution < -0.4 is 10.1 Å². The fourth-order valence-electron chi connectivity index (χ4n) is 2.49. The van der Waals surface area contributed by atoms with E-state index in [0.29, 0.717) is 0 Å². The Morgan fingerprint density at radius 1 is 1.07 bits per heavy atom. The number of ether oxygens (including phenoxy) is 2. The summed E-state index contributed by atoms with van der Waals surface area (Å²) in [6, 6.07) is 9.98. The molecule has 0 bridgehead atoms. The number of alkyl halides is 3. The van der Waals surface area contributed by atoms with Gasteiger partial charge in [-0.15, -0.1) is 0 Å². The van der Waals surface area contributed by atoms with Gasteiger partial charge in [0.2, 0.25) is 5.91 Å². The van der Waals surface area contributed by atoms with E-state index in [2.05, 4.69) is 5.32 Å². The van der Waals surface area contributed by atoms with Crippen molar-refractivity contribution >= 4 is 17.5 Å². The van der Waals surface area contributed by atoms with Crippen LogP contribution in [0.2, 0.25) is 0 Å². The van der Waals surface area contributed by atoms with Crippen LogP contribution in [-0.2, 0) is 20.5 Å². The van der Waals surface area contributed by atoms with Crippen molar-refractivity contribution in [3.05, 3.63) is 59.9 Å². The molecule has 6 nitrogen and oxygen atoms in total. The SMILES string of the molecule is COCCN(CC(=O)Nc1ccccc1C(F)(F)F)C(=O)COc1ccccc1F. The lowest BCUT2D eigenvalue weighted by molar-refractivity contribution is -0.138. The van der Waals surface area contributed by atoms with Crippen LogP contribution in [0.25, 0.3) is 0 Å². The Morgan fingerprint density at radius 3 is 2.40 bits per heavy atom. The second-order valence-corrected chi connectivity index (χ2v) is 6.12. The summed E-state index contributed by atoms with van der Waals surface area (Å²) >= 11 is 0. The lowest BCUT2D eigenvalue weighted by Gasteiger charge is -2.22. The van der Waals surface area contributed by atoms with Crippen molar-refractivity contribution in [2.24, 2.45) is 0 Å². The van der Waals surface area contributed by atoms with Gasteiger partial charge < -0.3 is 19.7 Å². The minimum absolute atomic E-state index is 0.00962. The van der Waals surface area contributed by atoms with Gasteiger partial charge in [0.1, 0.15) is 6.54 Å². The molecule has 0 heterocycles. The number of amides is 2. The molecule has 0 aliphatic carbocycles. The first-order valence-electron chi connectivity index (χ1n) is 8.82. The molecule has 0 atom stereocenters. The monoisotopic (exact) mass is 428 g/mol. The Kier molecular flexibility index (Phi) is 8.16. The number of benzene rings is 2. The average molecular weight is 428 g/mol. The second kappa shape index (κ2) is 10.6. The highest BCUT2D eigenvalue weighted by Crippen LogP contribution is 2.34. The third-order valence-corrected chi connectivity index (χ3v) is 3.95. The Morgan fingerprint density at radius 2 is 1.73 bits per heavy atom. The molecule has 2 amide bonds. The first-order chi connectivity index (χ1) is 14.2. The van der Waals surface area contributed by atoms with Crippen molar-refractivity contribution in [2.45, 2.75) is 6.18 Å². The Labute approximate surface area is 170 Å². The molecular weight excluding hydrogens is 408 g/mol. The summed E-state index contributed by atoms with van der Waals surface area (Å²) in [4.78, 5) is 25.7. The van der Waals surface area contributed by atoms with Gasteiger partial charge in [-0.2, -0.15) is 13.2 Å². The van der Waals surface area contributed by atoms with Crippen LogP contribution in [0.4, 0.5) is 23.2 Å². The highest BCUT2D eigenvalue weighted by Gasteiger charge is 2.33. The molecule has 30 heavy (non-hydrogen) atoms. The predicted molar refractivity (Wildman–Crippen MR) is 100 cm³/mol. The lowest BCUT2D eigenvalue weighted by Crippen LogP contribution is -2.42. The zero-order valence-corrected chi connectivity index (χ0v) is 16.0. The van der Waals surface area contributed by atoms with Gasteiger partial charge in [0.15, 0.2) is 18.2 Å². The van der Waals surface area contributed by atoms with Crippen molar-refractivity contribution in [3.8, 4) is 5.75 Å². The fraction of sp³-hybridized carbons (Fsp3) is 0.300. The van der Waals surface area contributed by atoms with Crippen molar-refractivity contribution in [2.75, 3.05) is 38.7 Å². The van der Waals surface area contributed by atoms with Gasteiger partial charge in [0.25, 0.3) is 5.91 Å². The second-order valence-electron chi connectivity index (χ2n) is 6.12. The van der Waals surface area contributed by atoms with E-state index >= 15 is 0 Å². The van der Waals surface area contributed by atoms with Crippen LogP contribution in [0.1, 0.15) is 5.56 Å². The molecule has 2 rings (SSSR count). The molecule has 0 aromatic heterocycles. The summed E-state index contributed by atoms with van der Waals surface area (Å²) in [5, 5.41) is 2.17.